The molecular formula is C5H3F4IN2. The lowest BCUT2D eigenvalue weighted by atomic mass is 10.4. The Hall–Kier alpha value is -0.340. The molecular weight excluding hydrogens is 291 g/mol. The standard InChI is InChI=1S/C5H3F4IN2/c6-4(7)2-1-3(5(8)9)12(10)11-2/h1,4-5H. The zero-order valence-electron chi connectivity index (χ0n) is 5.52. The maximum atomic E-state index is 12.0. The molecule has 1 heterocycles. The van der Waals surface area contributed by atoms with Gasteiger partial charge < -0.3 is 0 Å². The van der Waals surface area contributed by atoms with Crippen molar-refractivity contribution in [3.05, 3.63) is 17.5 Å². The Morgan fingerprint density at radius 2 is 1.83 bits per heavy atom. The minimum atomic E-state index is -2.81. The third-order valence-electron chi connectivity index (χ3n) is 1.16. The van der Waals surface area contributed by atoms with Crippen molar-refractivity contribution in [2.45, 2.75) is 12.9 Å². The van der Waals surface area contributed by atoms with Gasteiger partial charge in [-0.2, -0.15) is 5.10 Å². The minimum Gasteiger partial charge on any atom is -0.203 e. The zero-order chi connectivity index (χ0) is 9.30. The lowest BCUT2D eigenvalue weighted by Gasteiger charge is -1.94. The monoisotopic (exact) mass is 294 g/mol. The van der Waals surface area contributed by atoms with Crippen LogP contribution in [-0.4, -0.2) is 7.99 Å². The third-order valence-corrected chi connectivity index (χ3v) is 1.93. The van der Waals surface area contributed by atoms with E-state index in [0.29, 0.717) is 6.07 Å². The maximum absolute atomic E-state index is 12.0. The van der Waals surface area contributed by atoms with Crippen LogP contribution in [0, 0.1) is 0 Å². The van der Waals surface area contributed by atoms with Crippen LogP contribution < -0.4 is 0 Å². The molecule has 0 aliphatic carbocycles. The van der Waals surface area contributed by atoms with Crippen molar-refractivity contribution in [2.24, 2.45) is 0 Å². The molecule has 0 bridgehead atoms. The number of nitrogens with zero attached hydrogens (tertiary/aromatic N) is 2. The number of hydrogen-bond acceptors (Lipinski definition) is 1. The maximum Gasteiger partial charge on any atom is 0.282 e. The second-order valence-electron chi connectivity index (χ2n) is 1.96. The lowest BCUT2D eigenvalue weighted by molar-refractivity contribution is 0.144. The Bertz CT molecular complexity index is 272. The highest BCUT2D eigenvalue weighted by atomic mass is 127. The van der Waals surface area contributed by atoms with Gasteiger partial charge in [0.25, 0.3) is 12.9 Å². The van der Waals surface area contributed by atoms with Crippen molar-refractivity contribution in [1.82, 2.24) is 7.99 Å². The van der Waals surface area contributed by atoms with Crippen molar-refractivity contribution in [3.8, 4) is 0 Å². The molecule has 0 aliphatic rings. The number of halogens is 5. The van der Waals surface area contributed by atoms with E-state index in [4.69, 9.17) is 0 Å². The molecule has 1 aromatic heterocycles. The van der Waals surface area contributed by atoms with Crippen molar-refractivity contribution in [1.29, 1.82) is 0 Å². The molecule has 0 saturated carbocycles. The van der Waals surface area contributed by atoms with Crippen LogP contribution in [0.25, 0.3) is 0 Å². The van der Waals surface area contributed by atoms with Crippen LogP contribution in [0.3, 0.4) is 0 Å². The molecule has 0 aromatic carbocycles. The number of rotatable bonds is 2. The van der Waals surface area contributed by atoms with Crippen LogP contribution in [0.5, 0.6) is 0 Å². The van der Waals surface area contributed by atoms with Crippen LogP contribution in [0.1, 0.15) is 24.2 Å². The number of hydrogen-bond donors (Lipinski definition) is 0. The van der Waals surface area contributed by atoms with Gasteiger partial charge in [0.15, 0.2) is 0 Å². The summed E-state index contributed by atoms with van der Waals surface area (Å²) < 4.78 is 48.5. The van der Waals surface area contributed by atoms with Gasteiger partial charge in [-0.25, -0.2) is 20.5 Å². The van der Waals surface area contributed by atoms with Gasteiger partial charge in [-0.05, 0) is 6.07 Å². The van der Waals surface area contributed by atoms with E-state index in [1.165, 1.54) is 22.9 Å². The molecule has 1 aromatic rings. The first-order valence-electron chi connectivity index (χ1n) is 2.84. The van der Waals surface area contributed by atoms with Crippen LogP contribution in [0.2, 0.25) is 0 Å². The van der Waals surface area contributed by atoms with E-state index in [9.17, 15) is 17.6 Å². The summed E-state index contributed by atoms with van der Waals surface area (Å²) in [6.07, 6.45) is -5.58. The lowest BCUT2D eigenvalue weighted by Crippen LogP contribution is -1.91. The summed E-state index contributed by atoms with van der Waals surface area (Å²) in [6.45, 7) is 0. The van der Waals surface area contributed by atoms with E-state index in [2.05, 4.69) is 5.10 Å². The van der Waals surface area contributed by atoms with E-state index in [-0.39, 0.29) is 0 Å². The molecule has 0 amide bonds. The Morgan fingerprint density at radius 3 is 2.08 bits per heavy atom. The van der Waals surface area contributed by atoms with Gasteiger partial charge in [0.05, 0.1) is 22.9 Å². The molecule has 0 N–H and O–H groups in total. The molecule has 0 fully saturated rings. The summed E-state index contributed by atoms with van der Waals surface area (Å²) >= 11 is 1.42. The van der Waals surface area contributed by atoms with Crippen LogP contribution >= 0.6 is 22.9 Å². The second-order valence-corrected chi connectivity index (χ2v) is 2.87. The fourth-order valence-electron chi connectivity index (χ4n) is 0.643. The van der Waals surface area contributed by atoms with Crippen LogP contribution in [-0.2, 0) is 0 Å². The summed E-state index contributed by atoms with van der Waals surface area (Å²) in [5.74, 6) is 0. The smallest absolute Gasteiger partial charge is 0.203 e. The van der Waals surface area contributed by atoms with Gasteiger partial charge in [-0.15, -0.1) is 0 Å². The molecule has 1 rings (SSSR count). The highest BCUT2D eigenvalue weighted by Gasteiger charge is 2.19. The molecule has 2 nitrogen and oxygen atoms in total. The first kappa shape index (κ1) is 9.75. The molecule has 12 heavy (non-hydrogen) atoms. The molecule has 0 atom stereocenters. The third kappa shape index (κ3) is 1.87. The summed E-state index contributed by atoms with van der Waals surface area (Å²) in [5, 5.41) is 3.20. The Morgan fingerprint density at radius 1 is 1.25 bits per heavy atom. The largest absolute Gasteiger partial charge is 0.282 e. The highest BCUT2D eigenvalue weighted by molar-refractivity contribution is 14.1. The van der Waals surface area contributed by atoms with Gasteiger partial charge in [-0.1, -0.05) is 0 Å². The fourth-order valence-corrected chi connectivity index (χ4v) is 1.24. The van der Waals surface area contributed by atoms with Gasteiger partial charge in [0, 0.05) is 0 Å². The first-order chi connectivity index (χ1) is 5.52. The average molecular weight is 294 g/mol. The predicted molar refractivity (Wildman–Crippen MR) is 41.6 cm³/mol. The molecule has 0 radical (unpaired) electrons. The summed E-state index contributed by atoms with van der Waals surface area (Å²) in [4.78, 5) is 0. The summed E-state index contributed by atoms with van der Waals surface area (Å²) in [6, 6.07) is 0.696. The van der Waals surface area contributed by atoms with Crippen LogP contribution in [0.15, 0.2) is 6.07 Å². The van der Waals surface area contributed by atoms with Gasteiger partial charge in [-0.3, -0.25) is 0 Å². The fraction of sp³-hybridized carbons (Fsp3) is 0.400. The summed E-state index contributed by atoms with van der Waals surface area (Å²) in [7, 11) is 0. The molecule has 0 unspecified atom stereocenters. The summed E-state index contributed by atoms with van der Waals surface area (Å²) in [5.41, 5.74) is -1.13. The van der Waals surface area contributed by atoms with Crippen molar-refractivity contribution < 1.29 is 17.6 Å². The Kier molecular flexibility index (Phi) is 2.91. The molecule has 0 spiro atoms. The SMILES string of the molecule is FC(F)c1cc(C(F)F)n(I)n1. The van der Waals surface area contributed by atoms with E-state index in [0.717, 1.165) is 2.90 Å². The second kappa shape index (κ2) is 3.58. The predicted octanol–water partition coefficient (Wildman–Crippen LogP) is 2.96. The molecule has 68 valence electrons. The highest BCUT2D eigenvalue weighted by Crippen LogP contribution is 2.25. The van der Waals surface area contributed by atoms with Crippen LogP contribution in [0.4, 0.5) is 17.6 Å². The number of aromatic nitrogens is 2. The van der Waals surface area contributed by atoms with Gasteiger partial charge in [0.2, 0.25) is 0 Å². The first-order valence-corrected chi connectivity index (χ1v) is 3.81. The normalized spacial score (nSPS) is 11.6. The van der Waals surface area contributed by atoms with Crippen molar-refractivity contribution in [2.75, 3.05) is 0 Å². The quantitative estimate of drug-likeness (QED) is 0.605. The topological polar surface area (TPSA) is 17.8 Å². The average Bonchev–Trinajstić information content (AvgIpc) is 2.30. The zero-order valence-corrected chi connectivity index (χ0v) is 7.67. The minimum absolute atomic E-state index is 0.508. The van der Waals surface area contributed by atoms with E-state index in [1.807, 2.05) is 0 Å². The van der Waals surface area contributed by atoms with E-state index in [1.54, 1.807) is 0 Å². The number of alkyl halides is 4. The van der Waals surface area contributed by atoms with Crippen molar-refractivity contribution in [3.63, 3.8) is 0 Å². The van der Waals surface area contributed by atoms with E-state index >= 15 is 0 Å². The van der Waals surface area contributed by atoms with Gasteiger partial charge in [0.1, 0.15) is 11.4 Å². The molecule has 0 saturated heterocycles. The molecule has 0 aliphatic heterocycles. The Labute approximate surface area is 79.0 Å². The Balaban J connectivity index is 3.00. The van der Waals surface area contributed by atoms with Gasteiger partial charge >= 0.3 is 0 Å². The van der Waals surface area contributed by atoms with E-state index < -0.39 is 24.2 Å². The molecule has 7 heteroatoms. The van der Waals surface area contributed by atoms with Crippen molar-refractivity contribution >= 4 is 22.9 Å².